The highest BCUT2D eigenvalue weighted by Gasteiger charge is 2.59. The smallest absolute Gasteiger partial charge is 0.407 e. The fourth-order valence-electron chi connectivity index (χ4n) is 9.54. The van der Waals surface area contributed by atoms with E-state index in [0.717, 1.165) is 54.8 Å². The van der Waals surface area contributed by atoms with Gasteiger partial charge < -0.3 is 15.2 Å². The molecule has 1 amide bonds. The lowest BCUT2D eigenvalue weighted by Crippen LogP contribution is -2.51. The highest BCUT2D eigenvalue weighted by molar-refractivity contribution is 5.67. The molecule has 0 aliphatic heterocycles. The van der Waals surface area contributed by atoms with Gasteiger partial charge >= 0.3 is 12.1 Å². The monoisotopic (exact) mass is 529 g/mol. The third kappa shape index (κ3) is 6.28. The molecule has 0 radical (unpaired) electrons. The van der Waals surface area contributed by atoms with Crippen molar-refractivity contribution in [1.82, 2.24) is 5.32 Å². The van der Waals surface area contributed by atoms with Gasteiger partial charge in [-0.2, -0.15) is 0 Å². The van der Waals surface area contributed by atoms with Gasteiger partial charge in [-0.1, -0.05) is 65.5 Å². The van der Waals surface area contributed by atoms with Gasteiger partial charge in [-0.15, -0.1) is 0 Å². The van der Waals surface area contributed by atoms with Crippen molar-refractivity contribution in [3.8, 4) is 0 Å². The summed E-state index contributed by atoms with van der Waals surface area (Å²) in [6.07, 6.45) is 17.5. The number of amides is 1. The predicted octanol–water partition coefficient (Wildman–Crippen LogP) is 8.38. The van der Waals surface area contributed by atoms with Gasteiger partial charge in [0.25, 0.3) is 0 Å². The second kappa shape index (κ2) is 12.3. The summed E-state index contributed by atoms with van der Waals surface area (Å²) in [7, 11) is 0. The van der Waals surface area contributed by atoms with Gasteiger partial charge in [-0.3, -0.25) is 4.79 Å². The summed E-state index contributed by atoms with van der Waals surface area (Å²) < 4.78 is 5.81. The Balaban J connectivity index is 1.32. The highest BCUT2D eigenvalue weighted by Crippen LogP contribution is 2.67. The Morgan fingerprint density at radius 1 is 1.03 bits per heavy atom. The molecule has 4 aliphatic carbocycles. The maximum absolute atomic E-state index is 12.4. The summed E-state index contributed by atoms with van der Waals surface area (Å²) in [4.78, 5) is 23.0. The number of fused-ring (bicyclic) bond motifs is 5. The zero-order valence-corrected chi connectivity index (χ0v) is 24.9. The molecule has 0 aromatic heterocycles. The van der Waals surface area contributed by atoms with Crippen LogP contribution in [-0.4, -0.2) is 29.8 Å². The third-order valence-corrected chi connectivity index (χ3v) is 11.6. The third-order valence-electron chi connectivity index (χ3n) is 11.6. The molecule has 3 fully saturated rings. The number of allylic oxidation sites excluding steroid dienone is 1. The quantitative estimate of drug-likeness (QED) is 0.208. The molecule has 0 spiro atoms. The number of nitrogens with one attached hydrogen (secondary N) is 1. The zero-order valence-electron chi connectivity index (χ0n) is 24.9. The average Bonchev–Trinajstić information content (AvgIpc) is 3.21. The molecule has 0 saturated heterocycles. The van der Waals surface area contributed by atoms with E-state index >= 15 is 0 Å². The first-order valence-electron chi connectivity index (χ1n) is 15.9. The lowest BCUT2D eigenvalue weighted by Gasteiger charge is -2.58. The summed E-state index contributed by atoms with van der Waals surface area (Å²) in [6.45, 7) is 12.9. The first-order valence-corrected chi connectivity index (χ1v) is 15.9. The number of hydrogen-bond donors (Lipinski definition) is 2. The van der Waals surface area contributed by atoms with Crippen molar-refractivity contribution in [2.45, 2.75) is 131 Å². The van der Waals surface area contributed by atoms with Crippen molar-refractivity contribution < 1.29 is 19.4 Å². The van der Waals surface area contributed by atoms with Gasteiger partial charge in [0.05, 0.1) is 0 Å². The number of ether oxygens (including phenoxy) is 1. The number of unbranched alkanes of at least 4 members (excludes halogenated alkanes) is 1. The molecular weight excluding hydrogens is 474 g/mol. The van der Waals surface area contributed by atoms with Crippen molar-refractivity contribution in [1.29, 1.82) is 0 Å². The Hall–Kier alpha value is -1.52. The van der Waals surface area contributed by atoms with E-state index in [-0.39, 0.29) is 24.0 Å². The van der Waals surface area contributed by atoms with Crippen LogP contribution in [0.15, 0.2) is 11.6 Å². The summed E-state index contributed by atoms with van der Waals surface area (Å²) in [6, 6.07) is 0. The Morgan fingerprint density at radius 2 is 1.82 bits per heavy atom. The SMILES string of the molecule is CC(C)CCCC(C)C1CCC2C3CC=C4CC(OC(=O)NCCCCC(=O)O)CCC4(C)C3CCC12C. The fourth-order valence-corrected chi connectivity index (χ4v) is 9.54. The number of carboxylic acids is 1. The molecular formula is C33H55NO4. The van der Waals surface area contributed by atoms with Gasteiger partial charge in [0.2, 0.25) is 0 Å². The minimum atomic E-state index is -0.789. The molecule has 8 atom stereocenters. The molecule has 216 valence electrons. The number of carboxylic acid groups (broad SMARTS) is 1. The normalized spacial score (nSPS) is 37.0. The first-order chi connectivity index (χ1) is 18.0. The number of hydrogen-bond acceptors (Lipinski definition) is 3. The molecule has 38 heavy (non-hydrogen) atoms. The maximum atomic E-state index is 12.4. The van der Waals surface area contributed by atoms with Gasteiger partial charge in [0.15, 0.2) is 0 Å². The van der Waals surface area contributed by atoms with Crippen LogP contribution >= 0.6 is 0 Å². The predicted molar refractivity (Wildman–Crippen MR) is 153 cm³/mol. The van der Waals surface area contributed by atoms with Gasteiger partial charge in [0.1, 0.15) is 6.10 Å². The van der Waals surface area contributed by atoms with E-state index in [1.807, 2.05) is 0 Å². The van der Waals surface area contributed by atoms with Crippen LogP contribution in [0.4, 0.5) is 4.79 Å². The molecule has 0 bridgehead atoms. The first kappa shape index (κ1) is 29.5. The molecule has 8 unspecified atom stereocenters. The summed E-state index contributed by atoms with van der Waals surface area (Å²) in [5.74, 6) is 4.24. The van der Waals surface area contributed by atoms with E-state index < -0.39 is 5.97 Å². The Bertz CT molecular complexity index is 867. The lowest BCUT2D eigenvalue weighted by atomic mass is 9.47. The molecule has 3 saturated carbocycles. The molecule has 0 aromatic rings. The average molecular weight is 530 g/mol. The lowest BCUT2D eigenvalue weighted by molar-refractivity contribution is -0.137. The largest absolute Gasteiger partial charge is 0.481 e. The van der Waals surface area contributed by atoms with Crippen LogP contribution in [-0.2, 0) is 9.53 Å². The number of carbonyl (C=O) groups excluding carboxylic acids is 1. The number of aliphatic carboxylic acids is 1. The topological polar surface area (TPSA) is 75.6 Å². The summed E-state index contributed by atoms with van der Waals surface area (Å²) in [5.41, 5.74) is 2.32. The van der Waals surface area contributed by atoms with E-state index in [4.69, 9.17) is 9.84 Å². The Labute approximate surface area is 231 Å². The van der Waals surface area contributed by atoms with Gasteiger partial charge in [-0.05, 0) is 104 Å². The molecule has 4 aliphatic rings. The minimum Gasteiger partial charge on any atom is -0.481 e. The maximum Gasteiger partial charge on any atom is 0.407 e. The second-order valence-corrected chi connectivity index (χ2v) is 14.3. The minimum absolute atomic E-state index is 0.0405. The van der Waals surface area contributed by atoms with Crippen LogP contribution < -0.4 is 5.32 Å². The molecule has 5 nitrogen and oxygen atoms in total. The molecule has 0 aromatic carbocycles. The fraction of sp³-hybridized carbons (Fsp3) is 0.879. The number of rotatable bonds is 11. The van der Waals surface area contributed by atoms with Gasteiger partial charge in [-0.25, -0.2) is 4.79 Å². The standard InChI is InChI=1S/C33H55NO4/c1-22(2)9-8-10-23(3)27-14-15-28-26-13-12-24-21-25(38-31(37)34-20-7-6-11-30(35)36)16-18-32(24,4)29(26)17-19-33(27,28)5/h12,22-23,25-29H,6-11,13-21H2,1-5H3,(H,34,37)(H,35,36). The Morgan fingerprint density at radius 3 is 2.55 bits per heavy atom. The molecule has 0 heterocycles. The second-order valence-electron chi connectivity index (χ2n) is 14.3. The van der Waals surface area contributed by atoms with E-state index in [1.165, 1.54) is 51.4 Å². The van der Waals surface area contributed by atoms with Crippen LogP contribution in [0.25, 0.3) is 0 Å². The van der Waals surface area contributed by atoms with Crippen LogP contribution in [0.1, 0.15) is 125 Å². The molecule has 5 heteroatoms. The number of alkyl carbamates (subject to hydrolysis) is 1. The van der Waals surface area contributed by atoms with E-state index in [9.17, 15) is 9.59 Å². The van der Waals surface area contributed by atoms with Crippen molar-refractivity contribution >= 4 is 12.1 Å². The van der Waals surface area contributed by atoms with Gasteiger partial charge in [0, 0.05) is 19.4 Å². The van der Waals surface area contributed by atoms with Crippen LogP contribution in [0.2, 0.25) is 0 Å². The van der Waals surface area contributed by atoms with E-state index in [0.29, 0.717) is 24.8 Å². The van der Waals surface area contributed by atoms with Crippen molar-refractivity contribution in [3.05, 3.63) is 11.6 Å². The van der Waals surface area contributed by atoms with E-state index in [2.05, 4.69) is 46.0 Å². The van der Waals surface area contributed by atoms with Crippen LogP contribution in [0.3, 0.4) is 0 Å². The molecule has 4 rings (SSSR count). The van der Waals surface area contributed by atoms with Crippen molar-refractivity contribution in [3.63, 3.8) is 0 Å². The van der Waals surface area contributed by atoms with Crippen LogP contribution in [0.5, 0.6) is 0 Å². The molecule has 2 N–H and O–H groups in total. The van der Waals surface area contributed by atoms with Crippen molar-refractivity contribution in [2.75, 3.05) is 6.54 Å². The highest BCUT2D eigenvalue weighted by atomic mass is 16.6. The Kier molecular flexibility index (Phi) is 9.56. The van der Waals surface area contributed by atoms with Crippen LogP contribution in [0, 0.1) is 46.3 Å². The summed E-state index contributed by atoms with van der Waals surface area (Å²) in [5, 5.41) is 11.6. The van der Waals surface area contributed by atoms with Crippen molar-refractivity contribution in [2.24, 2.45) is 46.3 Å². The summed E-state index contributed by atoms with van der Waals surface area (Å²) >= 11 is 0. The zero-order chi connectivity index (χ0) is 27.5. The van der Waals surface area contributed by atoms with E-state index in [1.54, 1.807) is 5.57 Å². The number of carbonyl (C=O) groups is 2.